The highest BCUT2D eigenvalue weighted by atomic mass is 35.5. The molecule has 0 aliphatic carbocycles. The number of furan rings is 1. The average Bonchev–Trinajstić information content (AvgIpc) is 2.80. The van der Waals surface area contributed by atoms with Gasteiger partial charge in [-0.15, -0.1) is 0 Å². The standard InChI is InChI=1S/C13H10ClN3O2/c1-7-3-4-9-8(5-7)6-10(19-9)11-15-12(14)17-13(16-11)18-2/h3-6H,1-2H3. The third-order valence-corrected chi connectivity index (χ3v) is 2.83. The molecule has 3 aromatic rings. The van der Waals surface area contributed by atoms with Gasteiger partial charge in [-0.3, -0.25) is 0 Å². The van der Waals surface area contributed by atoms with Crippen molar-refractivity contribution in [1.82, 2.24) is 15.0 Å². The molecule has 0 bridgehead atoms. The van der Waals surface area contributed by atoms with Crippen LogP contribution in [0.3, 0.4) is 0 Å². The third kappa shape index (κ3) is 2.24. The molecular formula is C13H10ClN3O2. The maximum Gasteiger partial charge on any atom is 0.321 e. The van der Waals surface area contributed by atoms with Gasteiger partial charge in [0.1, 0.15) is 5.58 Å². The summed E-state index contributed by atoms with van der Waals surface area (Å²) in [4.78, 5) is 12.0. The number of rotatable bonds is 2. The summed E-state index contributed by atoms with van der Waals surface area (Å²) in [5.74, 6) is 0.883. The monoisotopic (exact) mass is 275 g/mol. The minimum atomic E-state index is 0.0680. The smallest absolute Gasteiger partial charge is 0.321 e. The molecule has 0 N–H and O–H groups in total. The van der Waals surface area contributed by atoms with Gasteiger partial charge in [-0.1, -0.05) is 11.6 Å². The maximum atomic E-state index is 5.82. The van der Waals surface area contributed by atoms with E-state index in [9.17, 15) is 0 Å². The van der Waals surface area contributed by atoms with E-state index in [-0.39, 0.29) is 11.3 Å². The van der Waals surface area contributed by atoms with Crippen LogP contribution in [0.2, 0.25) is 5.28 Å². The van der Waals surface area contributed by atoms with Crippen molar-refractivity contribution in [1.29, 1.82) is 0 Å². The second kappa shape index (κ2) is 4.51. The summed E-state index contributed by atoms with van der Waals surface area (Å²) in [6, 6.07) is 7.95. The summed E-state index contributed by atoms with van der Waals surface area (Å²) in [5.41, 5.74) is 1.93. The summed E-state index contributed by atoms with van der Waals surface area (Å²) in [6.07, 6.45) is 0. The van der Waals surface area contributed by atoms with E-state index in [1.807, 2.05) is 31.2 Å². The van der Waals surface area contributed by atoms with E-state index in [2.05, 4.69) is 15.0 Å². The maximum absolute atomic E-state index is 5.82. The van der Waals surface area contributed by atoms with Gasteiger partial charge in [0.2, 0.25) is 11.1 Å². The van der Waals surface area contributed by atoms with Crippen LogP contribution in [0.4, 0.5) is 0 Å². The Morgan fingerprint density at radius 3 is 2.79 bits per heavy atom. The molecular weight excluding hydrogens is 266 g/mol. The number of aromatic nitrogens is 3. The molecule has 0 unspecified atom stereocenters. The van der Waals surface area contributed by atoms with Crippen molar-refractivity contribution in [2.24, 2.45) is 0 Å². The molecule has 6 heteroatoms. The van der Waals surface area contributed by atoms with Gasteiger partial charge in [0.05, 0.1) is 7.11 Å². The zero-order valence-electron chi connectivity index (χ0n) is 10.3. The van der Waals surface area contributed by atoms with E-state index in [0.29, 0.717) is 11.6 Å². The number of aryl methyl sites for hydroxylation is 1. The van der Waals surface area contributed by atoms with Crippen molar-refractivity contribution in [3.63, 3.8) is 0 Å². The largest absolute Gasteiger partial charge is 0.467 e. The van der Waals surface area contributed by atoms with Crippen molar-refractivity contribution >= 4 is 22.6 Å². The van der Waals surface area contributed by atoms with Crippen LogP contribution in [-0.4, -0.2) is 22.1 Å². The summed E-state index contributed by atoms with van der Waals surface area (Å²) in [7, 11) is 1.47. The molecule has 0 amide bonds. The zero-order chi connectivity index (χ0) is 13.4. The van der Waals surface area contributed by atoms with Crippen LogP contribution in [0, 0.1) is 6.92 Å². The Bertz CT molecular complexity index is 755. The second-order valence-corrected chi connectivity index (χ2v) is 4.40. The van der Waals surface area contributed by atoms with E-state index < -0.39 is 0 Å². The van der Waals surface area contributed by atoms with Crippen LogP contribution in [-0.2, 0) is 0 Å². The molecule has 5 nitrogen and oxygen atoms in total. The van der Waals surface area contributed by atoms with Gasteiger partial charge in [-0.25, -0.2) is 0 Å². The van der Waals surface area contributed by atoms with Crippen molar-refractivity contribution in [3.05, 3.63) is 35.1 Å². The molecule has 0 saturated heterocycles. The lowest BCUT2D eigenvalue weighted by Gasteiger charge is -1.99. The number of halogens is 1. The third-order valence-electron chi connectivity index (χ3n) is 2.66. The molecule has 0 aliphatic rings. The quantitative estimate of drug-likeness (QED) is 0.718. The molecule has 0 saturated carbocycles. The first kappa shape index (κ1) is 11.9. The Kier molecular flexibility index (Phi) is 2.83. The highest BCUT2D eigenvalue weighted by Gasteiger charge is 2.12. The minimum Gasteiger partial charge on any atom is -0.467 e. The van der Waals surface area contributed by atoms with Crippen LogP contribution in [0.1, 0.15) is 5.56 Å². The normalized spacial score (nSPS) is 10.9. The lowest BCUT2D eigenvalue weighted by Crippen LogP contribution is -1.97. The summed E-state index contributed by atoms with van der Waals surface area (Å²) < 4.78 is 10.7. The Hall–Kier alpha value is -2.14. The molecule has 0 radical (unpaired) electrons. The Morgan fingerprint density at radius 2 is 2.00 bits per heavy atom. The van der Waals surface area contributed by atoms with Crippen LogP contribution in [0.25, 0.3) is 22.6 Å². The molecule has 19 heavy (non-hydrogen) atoms. The number of fused-ring (bicyclic) bond motifs is 1. The fourth-order valence-electron chi connectivity index (χ4n) is 1.81. The summed E-state index contributed by atoms with van der Waals surface area (Å²) in [6.45, 7) is 2.02. The second-order valence-electron chi connectivity index (χ2n) is 4.07. The minimum absolute atomic E-state index is 0.0680. The molecule has 1 aromatic carbocycles. The lowest BCUT2D eigenvalue weighted by molar-refractivity contribution is 0.378. The first-order valence-corrected chi connectivity index (χ1v) is 5.99. The molecule has 0 fully saturated rings. The van der Waals surface area contributed by atoms with Crippen molar-refractivity contribution in [2.45, 2.75) is 6.92 Å². The van der Waals surface area contributed by atoms with Gasteiger partial charge < -0.3 is 9.15 Å². The SMILES string of the molecule is COc1nc(Cl)nc(-c2cc3cc(C)ccc3o2)n1. The van der Waals surface area contributed by atoms with E-state index in [0.717, 1.165) is 16.5 Å². The highest BCUT2D eigenvalue weighted by molar-refractivity contribution is 6.28. The van der Waals surface area contributed by atoms with Gasteiger partial charge in [0.15, 0.2) is 5.76 Å². The van der Waals surface area contributed by atoms with Gasteiger partial charge in [0.25, 0.3) is 0 Å². The Labute approximate surface area is 114 Å². The van der Waals surface area contributed by atoms with E-state index in [4.69, 9.17) is 20.8 Å². The van der Waals surface area contributed by atoms with Crippen LogP contribution < -0.4 is 4.74 Å². The van der Waals surface area contributed by atoms with Crippen molar-refractivity contribution in [3.8, 4) is 17.6 Å². The number of hydrogen-bond donors (Lipinski definition) is 0. The van der Waals surface area contributed by atoms with Crippen LogP contribution in [0.15, 0.2) is 28.7 Å². The van der Waals surface area contributed by atoms with Crippen LogP contribution >= 0.6 is 11.6 Å². The Balaban J connectivity index is 2.15. The zero-order valence-corrected chi connectivity index (χ0v) is 11.1. The van der Waals surface area contributed by atoms with Gasteiger partial charge in [-0.2, -0.15) is 15.0 Å². The predicted molar refractivity (Wildman–Crippen MR) is 71.3 cm³/mol. The molecule has 0 aliphatic heterocycles. The molecule has 2 aromatic heterocycles. The van der Waals surface area contributed by atoms with Crippen LogP contribution in [0.5, 0.6) is 6.01 Å². The van der Waals surface area contributed by atoms with E-state index in [1.165, 1.54) is 7.11 Å². The average molecular weight is 276 g/mol. The highest BCUT2D eigenvalue weighted by Crippen LogP contribution is 2.27. The number of benzene rings is 1. The van der Waals surface area contributed by atoms with E-state index in [1.54, 1.807) is 0 Å². The van der Waals surface area contributed by atoms with Crippen molar-refractivity contribution < 1.29 is 9.15 Å². The number of nitrogens with zero attached hydrogens (tertiary/aromatic N) is 3. The molecule has 0 spiro atoms. The summed E-state index contributed by atoms with van der Waals surface area (Å²) in [5, 5.41) is 1.06. The fraction of sp³-hybridized carbons (Fsp3) is 0.154. The summed E-state index contributed by atoms with van der Waals surface area (Å²) >= 11 is 5.82. The fourth-order valence-corrected chi connectivity index (χ4v) is 1.96. The van der Waals surface area contributed by atoms with Gasteiger partial charge >= 0.3 is 6.01 Å². The Morgan fingerprint density at radius 1 is 1.16 bits per heavy atom. The molecule has 0 atom stereocenters. The first-order chi connectivity index (χ1) is 9.15. The lowest BCUT2D eigenvalue weighted by atomic mass is 10.2. The molecule has 2 heterocycles. The van der Waals surface area contributed by atoms with Crippen molar-refractivity contribution in [2.75, 3.05) is 7.11 Å². The first-order valence-electron chi connectivity index (χ1n) is 5.62. The number of ether oxygens (including phenoxy) is 1. The predicted octanol–water partition coefficient (Wildman–Crippen LogP) is 3.26. The number of hydrogen-bond acceptors (Lipinski definition) is 5. The topological polar surface area (TPSA) is 61.0 Å². The number of methoxy groups -OCH3 is 1. The van der Waals surface area contributed by atoms with E-state index >= 15 is 0 Å². The molecule has 96 valence electrons. The van der Waals surface area contributed by atoms with Gasteiger partial charge in [-0.05, 0) is 36.7 Å². The molecule has 3 rings (SSSR count). The van der Waals surface area contributed by atoms with Gasteiger partial charge in [0, 0.05) is 5.39 Å².